The summed E-state index contributed by atoms with van der Waals surface area (Å²) < 4.78 is 23.2. The van der Waals surface area contributed by atoms with Gasteiger partial charge in [0.25, 0.3) is 0 Å². The first-order valence-corrected chi connectivity index (χ1v) is 8.20. The highest BCUT2D eigenvalue weighted by molar-refractivity contribution is 7.92. The maximum absolute atomic E-state index is 11.6. The van der Waals surface area contributed by atoms with Crippen LogP contribution in [0.1, 0.15) is 33.6 Å². The van der Waals surface area contributed by atoms with Crippen molar-refractivity contribution >= 4 is 9.84 Å². The van der Waals surface area contributed by atoms with Crippen molar-refractivity contribution in [2.45, 2.75) is 50.9 Å². The number of hydrogen-bond donors (Lipinski definition) is 1. The maximum Gasteiger partial charge on any atom is 0.153 e. The summed E-state index contributed by atoms with van der Waals surface area (Å²) in [6.07, 6.45) is 2.62. The predicted molar refractivity (Wildman–Crippen MR) is 72.0 cm³/mol. The summed E-state index contributed by atoms with van der Waals surface area (Å²) in [5, 5.41) is 2.97. The van der Waals surface area contributed by atoms with Crippen molar-refractivity contribution < 1.29 is 8.42 Å². The Morgan fingerprint density at radius 3 is 2.35 bits per heavy atom. The largest absolute Gasteiger partial charge is 0.314 e. The van der Waals surface area contributed by atoms with Gasteiger partial charge in [0.15, 0.2) is 9.84 Å². The van der Waals surface area contributed by atoms with Crippen molar-refractivity contribution in [3.63, 3.8) is 0 Å². The number of hydrogen-bond acceptors (Lipinski definition) is 4. The van der Waals surface area contributed by atoms with E-state index >= 15 is 0 Å². The van der Waals surface area contributed by atoms with Crippen LogP contribution in [0, 0.1) is 0 Å². The topological polar surface area (TPSA) is 49.4 Å². The van der Waals surface area contributed by atoms with E-state index in [4.69, 9.17) is 0 Å². The quantitative estimate of drug-likeness (QED) is 0.660. The number of nitrogens with zero attached hydrogens (tertiary/aromatic N) is 1. The molecule has 0 aliphatic heterocycles. The molecule has 1 saturated carbocycles. The average molecular weight is 262 g/mol. The van der Waals surface area contributed by atoms with Gasteiger partial charge in [-0.15, -0.1) is 0 Å². The zero-order chi connectivity index (χ0) is 13.1. The first-order chi connectivity index (χ1) is 7.84. The van der Waals surface area contributed by atoms with Gasteiger partial charge >= 0.3 is 0 Å². The smallest absolute Gasteiger partial charge is 0.153 e. The van der Waals surface area contributed by atoms with Crippen LogP contribution < -0.4 is 5.32 Å². The minimum absolute atomic E-state index is 0.241. The molecule has 0 aromatic carbocycles. The molecular weight excluding hydrogens is 236 g/mol. The van der Waals surface area contributed by atoms with Crippen molar-refractivity contribution in [3.05, 3.63) is 0 Å². The molecule has 0 bridgehead atoms. The van der Waals surface area contributed by atoms with Gasteiger partial charge in [0.1, 0.15) is 0 Å². The van der Waals surface area contributed by atoms with E-state index in [0.717, 1.165) is 12.6 Å². The highest BCUT2D eigenvalue weighted by Crippen LogP contribution is 2.26. The van der Waals surface area contributed by atoms with Crippen LogP contribution in [0.5, 0.6) is 0 Å². The van der Waals surface area contributed by atoms with Crippen LogP contribution in [-0.2, 0) is 9.84 Å². The molecule has 1 rings (SSSR count). The minimum atomic E-state index is -2.90. The van der Waals surface area contributed by atoms with Gasteiger partial charge in [-0.25, -0.2) is 8.42 Å². The van der Waals surface area contributed by atoms with E-state index in [1.54, 1.807) is 13.8 Å². The lowest BCUT2D eigenvalue weighted by Crippen LogP contribution is -2.40. The molecule has 5 heteroatoms. The Hall–Kier alpha value is -0.130. The van der Waals surface area contributed by atoms with Crippen molar-refractivity contribution in [2.75, 3.05) is 25.9 Å². The fourth-order valence-corrected chi connectivity index (χ4v) is 2.65. The Morgan fingerprint density at radius 1 is 1.29 bits per heavy atom. The van der Waals surface area contributed by atoms with Gasteiger partial charge in [-0.2, -0.15) is 0 Å². The molecule has 1 atom stereocenters. The van der Waals surface area contributed by atoms with Crippen molar-refractivity contribution in [2.24, 2.45) is 0 Å². The lowest BCUT2D eigenvalue weighted by atomic mass is 10.3. The third-order valence-corrected chi connectivity index (χ3v) is 5.75. The SMILES string of the molecule is CC(CNCCS(=O)(=O)C(C)C)N(C)C1CC1. The molecule has 1 aliphatic rings. The van der Waals surface area contributed by atoms with E-state index in [2.05, 4.69) is 24.2 Å². The van der Waals surface area contributed by atoms with Gasteiger partial charge in [-0.3, -0.25) is 4.90 Å². The summed E-state index contributed by atoms with van der Waals surface area (Å²) in [6, 6.07) is 1.23. The summed E-state index contributed by atoms with van der Waals surface area (Å²) in [6.45, 7) is 7.07. The molecule has 17 heavy (non-hydrogen) atoms. The molecule has 0 saturated heterocycles. The lowest BCUT2D eigenvalue weighted by molar-refractivity contribution is 0.242. The molecule has 0 aromatic heterocycles. The van der Waals surface area contributed by atoms with Crippen molar-refractivity contribution in [1.82, 2.24) is 10.2 Å². The molecule has 1 N–H and O–H groups in total. The van der Waals surface area contributed by atoms with Crippen molar-refractivity contribution in [3.8, 4) is 0 Å². The molecule has 1 fully saturated rings. The fourth-order valence-electron chi connectivity index (χ4n) is 1.75. The van der Waals surface area contributed by atoms with Crippen LogP contribution in [0.2, 0.25) is 0 Å². The fraction of sp³-hybridized carbons (Fsp3) is 1.00. The van der Waals surface area contributed by atoms with E-state index in [0.29, 0.717) is 12.6 Å². The van der Waals surface area contributed by atoms with Crippen LogP contribution in [-0.4, -0.2) is 56.5 Å². The van der Waals surface area contributed by atoms with Crippen LogP contribution >= 0.6 is 0 Å². The molecular formula is C12H26N2O2S. The first-order valence-electron chi connectivity index (χ1n) is 6.49. The molecule has 0 spiro atoms. The average Bonchev–Trinajstić information content (AvgIpc) is 3.06. The Bertz CT molecular complexity index is 323. The van der Waals surface area contributed by atoms with Crippen LogP contribution in [0.25, 0.3) is 0 Å². The van der Waals surface area contributed by atoms with E-state index in [1.807, 2.05) is 0 Å². The van der Waals surface area contributed by atoms with Gasteiger partial charge in [0.05, 0.1) is 11.0 Å². The lowest BCUT2D eigenvalue weighted by Gasteiger charge is -2.24. The normalized spacial score (nSPS) is 18.9. The van der Waals surface area contributed by atoms with Crippen LogP contribution in [0.15, 0.2) is 0 Å². The van der Waals surface area contributed by atoms with E-state index in [9.17, 15) is 8.42 Å². The van der Waals surface area contributed by atoms with E-state index in [-0.39, 0.29) is 11.0 Å². The molecule has 0 aromatic rings. The summed E-state index contributed by atoms with van der Waals surface area (Å²) in [5.74, 6) is 0.241. The van der Waals surface area contributed by atoms with Gasteiger partial charge in [0, 0.05) is 25.2 Å². The summed E-state index contributed by atoms with van der Waals surface area (Å²) in [7, 11) is -0.749. The molecule has 0 amide bonds. The van der Waals surface area contributed by atoms with E-state index < -0.39 is 9.84 Å². The number of likely N-dealkylation sites (N-methyl/N-ethyl adjacent to an activating group) is 1. The Balaban J connectivity index is 2.15. The van der Waals surface area contributed by atoms with Crippen LogP contribution in [0.4, 0.5) is 0 Å². The summed E-state index contributed by atoms with van der Waals surface area (Å²) in [4.78, 5) is 2.38. The number of rotatable bonds is 8. The Labute approximate surface area is 106 Å². The highest BCUT2D eigenvalue weighted by Gasteiger charge is 2.28. The third kappa shape index (κ3) is 4.94. The molecule has 102 valence electrons. The molecule has 0 radical (unpaired) electrons. The molecule has 4 nitrogen and oxygen atoms in total. The zero-order valence-corrected chi connectivity index (χ0v) is 12.3. The third-order valence-electron chi connectivity index (χ3n) is 3.54. The van der Waals surface area contributed by atoms with Gasteiger partial charge in [-0.05, 0) is 40.7 Å². The van der Waals surface area contributed by atoms with Gasteiger partial charge in [-0.1, -0.05) is 0 Å². The Morgan fingerprint density at radius 2 is 1.88 bits per heavy atom. The minimum Gasteiger partial charge on any atom is -0.314 e. The molecule has 1 aliphatic carbocycles. The molecule has 0 heterocycles. The van der Waals surface area contributed by atoms with Crippen molar-refractivity contribution in [1.29, 1.82) is 0 Å². The number of sulfone groups is 1. The second-order valence-electron chi connectivity index (χ2n) is 5.37. The highest BCUT2D eigenvalue weighted by atomic mass is 32.2. The summed E-state index contributed by atoms with van der Waals surface area (Å²) in [5.41, 5.74) is 0. The standard InChI is InChI=1S/C12H26N2O2S/c1-10(2)17(15,16)8-7-13-9-11(3)14(4)12-5-6-12/h10-13H,5-9H2,1-4H3. The van der Waals surface area contributed by atoms with Gasteiger partial charge < -0.3 is 5.32 Å². The Kier molecular flexibility index (Phi) is 5.41. The van der Waals surface area contributed by atoms with Gasteiger partial charge in [0.2, 0.25) is 0 Å². The first kappa shape index (κ1) is 14.9. The predicted octanol–water partition coefficient (Wildman–Crippen LogP) is 0.882. The zero-order valence-electron chi connectivity index (χ0n) is 11.4. The number of nitrogens with one attached hydrogen (secondary N) is 1. The second kappa shape index (κ2) is 6.16. The van der Waals surface area contributed by atoms with Crippen LogP contribution in [0.3, 0.4) is 0 Å². The van der Waals surface area contributed by atoms with E-state index in [1.165, 1.54) is 12.8 Å². The maximum atomic E-state index is 11.6. The summed E-state index contributed by atoms with van der Waals surface area (Å²) >= 11 is 0. The second-order valence-corrected chi connectivity index (χ2v) is 8.04. The monoisotopic (exact) mass is 262 g/mol. The molecule has 1 unspecified atom stereocenters.